The molecule has 0 aromatic carbocycles. The van der Waals surface area contributed by atoms with Crippen LogP contribution in [0.1, 0.15) is 33.1 Å². The minimum atomic E-state index is -3.54. The molecule has 1 saturated heterocycles. The summed E-state index contributed by atoms with van der Waals surface area (Å²) < 4.78 is 26.7. The molecule has 0 unspecified atom stereocenters. The van der Waals surface area contributed by atoms with Gasteiger partial charge in [-0.15, -0.1) is 0 Å². The maximum Gasteiger partial charge on any atom is 0.244 e. The standard InChI is InChI=1S/C13H20ClN3O2S/c1-3-13(4-2)5-6-17(9-13)20(18,19)10-7-11(14)12(15)16-8-10/h7-8H,3-6,9H2,1-2H3,(H2,15,16). The van der Waals surface area contributed by atoms with Crippen LogP contribution in [0.2, 0.25) is 5.02 Å². The van der Waals surface area contributed by atoms with Crippen LogP contribution in [0.5, 0.6) is 0 Å². The monoisotopic (exact) mass is 317 g/mol. The molecule has 1 aliphatic rings. The van der Waals surface area contributed by atoms with E-state index in [2.05, 4.69) is 18.8 Å². The summed E-state index contributed by atoms with van der Waals surface area (Å²) in [7, 11) is -3.54. The number of hydrogen-bond acceptors (Lipinski definition) is 4. The largest absolute Gasteiger partial charge is 0.382 e. The van der Waals surface area contributed by atoms with Gasteiger partial charge in [0.15, 0.2) is 0 Å². The lowest BCUT2D eigenvalue weighted by molar-refractivity contribution is 0.279. The smallest absolute Gasteiger partial charge is 0.244 e. The van der Waals surface area contributed by atoms with Gasteiger partial charge in [0.2, 0.25) is 10.0 Å². The fourth-order valence-corrected chi connectivity index (χ4v) is 4.40. The number of sulfonamides is 1. The van der Waals surface area contributed by atoms with E-state index in [1.165, 1.54) is 16.6 Å². The summed E-state index contributed by atoms with van der Waals surface area (Å²) in [6, 6.07) is 1.37. The quantitative estimate of drug-likeness (QED) is 0.925. The van der Waals surface area contributed by atoms with E-state index < -0.39 is 10.0 Å². The van der Waals surface area contributed by atoms with Gasteiger partial charge in [0.05, 0.1) is 5.02 Å². The topological polar surface area (TPSA) is 76.3 Å². The van der Waals surface area contributed by atoms with Crippen molar-refractivity contribution in [1.82, 2.24) is 9.29 Å². The molecule has 7 heteroatoms. The molecule has 0 spiro atoms. The average molecular weight is 318 g/mol. The van der Waals surface area contributed by atoms with Crippen molar-refractivity contribution < 1.29 is 8.42 Å². The van der Waals surface area contributed by atoms with Crippen LogP contribution in [-0.4, -0.2) is 30.8 Å². The Hall–Kier alpha value is -0.850. The molecule has 1 aromatic heterocycles. The molecule has 112 valence electrons. The Morgan fingerprint density at radius 1 is 1.45 bits per heavy atom. The van der Waals surface area contributed by atoms with Crippen LogP contribution in [-0.2, 0) is 10.0 Å². The molecule has 20 heavy (non-hydrogen) atoms. The molecule has 1 aromatic rings. The first-order valence-corrected chi connectivity index (χ1v) is 8.57. The van der Waals surface area contributed by atoms with Gasteiger partial charge >= 0.3 is 0 Å². The van der Waals surface area contributed by atoms with E-state index in [0.29, 0.717) is 13.1 Å². The van der Waals surface area contributed by atoms with Crippen LogP contribution >= 0.6 is 11.6 Å². The van der Waals surface area contributed by atoms with E-state index >= 15 is 0 Å². The Morgan fingerprint density at radius 3 is 2.60 bits per heavy atom. The van der Waals surface area contributed by atoms with Gasteiger partial charge in [-0.05, 0) is 30.7 Å². The number of nitrogen functional groups attached to an aromatic ring is 1. The number of rotatable bonds is 4. The van der Waals surface area contributed by atoms with Crippen LogP contribution in [0.4, 0.5) is 5.82 Å². The Balaban J connectivity index is 2.30. The van der Waals surface area contributed by atoms with Gasteiger partial charge in [-0.2, -0.15) is 4.31 Å². The van der Waals surface area contributed by atoms with Crippen molar-refractivity contribution in [2.75, 3.05) is 18.8 Å². The minimum Gasteiger partial charge on any atom is -0.382 e. The average Bonchev–Trinajstić information content (AvgIpc) is 2.87. The van der Waals surface area contributed by atoms with Gasteiger partial charge in [0.25, 0.3) is 0 Å². The molecule has 0 saturated carbocycles. The number of nitrogens with two attached hydrogens (primary N) is 1. The molecule has 0 bridgehead atoms. The first-order chi connectivity index (χ1) is 9.34. The molecular formula is C13H20ClN3O2S. The Kier molecular flexibility index (Phi) is 4.27. The Labute approximate surface area is 125 Å². The number of pyridine rings is 1. The van der Waals surface area contributed by atoms with Crippen molar-refractivity contribution >= 4 is 27.4 Å². The zero-order valence-corrected chi connectivity index (χ0v) is 13.3. The Bertz CT molecular complexity index is 600. The fourth-order valence-electron chi connectivity index (χ4n) is 2.65. The van der Waals surface area contributed by atoms with Crippen molar-refractivity contribution in [2.45, 2.75) is 38.0 Å². The van der Waals surface area contributed by atoms with E-state index in [9.17, 15) is 8.42 Å². The van der Waals surface area contributed by atoms with Gasteiger partial charge in [-0.25, -0.2) is 13.4 Å². The van der Waals surface area contributed by atoms with E-state index in [4.69, 9.17) is 17.3 Å². The molecule has 0 amide bonds. The second kappa shape index (κ2) is 5.50. The summed E-state index contributed by atoms with van der Waals surface area (Å²) in [5, 5.41) is 0.169. The lowest BCUT2D eigenvalue weighted by Gasteiger charge is -2.26. The molecule has 1 fully saturated rings. The summed E-state index contributed by atoms with van der Waals surface area (Å²) in [6.07, 6.45) is 4.14. The number of nitrogens with zero attached hydrogens (tertiary/aromatic N) is 2. The zero-order chi connectivity index (χ0) is 15.0. The van der Waals surface area contributed by atoms with Crippen molar-refractivity contribution in [3.63, 3.8) is 0 Å². The molecule has 1 aliphatic heterocycles. The van der Waals surface area contributed by atoms with Gasteiger partial charge in [-0.1, -0.05) is 25.4 Å². The highest BCUT2D eigenvalue weighted by atomic mass is 35.5. The summed E-state index contributed by atoms with van der Waals surface area (Å²) in [4.78, 5) is 3.94. The molecule has 0 aliphatic carbocycles. The second-order valence-electron chi connectivity index (χ2n) is 5.33. The summed E-state index contributed by atoms with van der Waals surface area (Å²) in [5.41, 5.74) is 5.62. The third-order valence-electron chi connectivity index (χ3n) is 4.39. The number of halogens is 1. The van der Waals surface area contributed by atoms with Gasteiger partial charge in [0, 0.05) is 19.3 Å². The lowest BCUT2D eigenvalue weighted by Crippen LogP contribution is -2.32. The highest BCUT2D eigenvalue weighted by Crippen LogP contribution is 2.39. The van der Waals surface area contributed by atoms with Crippen molar-refractivity contribution in [2.24, 2.45) is 5.41 Å². The maximum absolute atomic E-state index is 12.6. The molecular weight excluding hydrogens is 298 g/mol. The minimum absolute atomic E-state index is 0.0953. The molecule has 0 atom stereocenters. The van der Waals surface area contributed by atoms with Crippen molar-refractivity contribution in [3.8, 4) is 0 Å². The Morgan fingerprint density at radius 2 is 2.10 bits per heavy atom. The predicted octanol–water partition coefficient (Wildman–Crippen LogP) is 2.52. The predicted molar refractivity (Wildman–Crippen MR) is 80.1 cm³/mol. The number of aromatic nitrogens is 1. The molecule has 5 nitrogen and oxygen atoms in total. The summed E-state index contributed by atoms with van der Waals surface area (Å²) in [6.45, 7) is 5.33. The van der Waals surface area contributed by atoms with Crippen LogP contribution in [0, 0.1) is 5.41 Å². The third-order valence-corrected chi connectivity index (χ3v) is 6.50. The van der Waals surface area contributed by atoms with Crippen LogP contribution in [0.15, 0.2) is 17.2 Å². The molecule has 2 heterocycles. The molecule has 0 radical (unpaired) electrons. The van der Waals surface area contributed by atoms with Crippen LogP contribution in [0.3, 0.4) is 0 Å². The lowest BCUT2D eigenvalue weighted by atomic mass is 9.82. The normalized spacial score (nSPS) is 19.4. The van der Waals surface area contributed by atoms with Crippen molar-refractivity contribution in [3.05, 3.63) is 17.3 Å². The van der Waals surface area contributed by atoms with E-state index in [-0.39, 0.29) is 21.2 Å². The number of hydrogen-bond donors (Lipinski definition) is 1. The molecule has 2 rings (SSSR count). The fraction of sp³-hybridized carbons (Fsp3) is 0.615. The SMILES string of the molecule is CCC1(CC)CCN(S(=O)(=O)c2cnc(N)c(Cl)c2)C1. The van der Waals surface area contributed by atoms with E-state index in [1.54, 1.807) is 0 Å². The first kappa shape index (κ1) is 15.5. The summed E-state index contributed by atoms with van der Waals surface area (Å²) >= 11 is 5.87. The summed E-state index contributed by atoms with van der Waals surface area (Å²) in [5.74, 6) is 0.142. The van der Waals surface area contributed by atoms with E-state index in [1.807, 2.05) is 0 Å². The highest BCUT2D eigenvalue weighted by Gasteiger charge is 2.40. The van der Waals surface area contributed by atoms with Gasteiger partial charge in [0.1, 0.15) is 10.7 Å². The highest BCUT2D eigenvalue weighted by molar-refractivity contribution is 7.89. The first-order valence-electron chi connectivity index (χ1n) is 6.76. The van der Waals surface area contributed by atoms with Crippen molar-refractivity contribution in [1.29, 1.82) is 0 Å². The van der Waals surface area contributed by atoms with Gasteiger partial charge < -0.3 is 5.73 Å². The number of anilines is 1. The van der Waals surface area contributed by atoms with Crippen LogP contribution in [0.25, 0.3) is 0 Å². The van der Waals surface area contributed by atoms with Crippen LogP contribution < -0.4 is 5.73 Å². The third kappa shape index (κ3) is 2.64. The van der Waals surface area contributed by atoms with E-state index in [0.717, 1.165) is 19.3 Å². The maximum atomic E-state index is 12.6. The molecule has 2 N–H and O–H groups in total. The zero-order valence-electron chi connectivity index (χ0n) is 11.8. The second-order valence-corrected chi connectivity index (χ2v) is 7.68. The van der Waals surface area contributed by atoms with Gasteiger partial charge in [-0.3, -0.25) is 0 Å².